The van der Waals surface area contributed by atoms with E-state index in [0.29, 0.717) is 23.8 Å². The molecule has 5 nitrogen and oxygen atoms in total. The van der Waals surface area contributed by atoms with Gasteiger partial charge in [-0.2, -0.15) is 5.26 Å². The average molecular weight is 276 g/mol. The van der Waals surface area contributed by atoms with Gasteiger partial charge in [0.2, 0.25) is 0 Å². The number of aliphatic hydroxyl groups is 1. The Bertz CT molecular complexity index is 435. The van der Waals surface area contributed by atoms with Crippen LogP contribution >= 0.6 is 0 Å². The predicted molar refractivity (Wildman–Crippen MR) is 74.5 cm³/mol. The summed E-state index contributed by atoms with van der Waals surface area (Å²) in [5, 5.41) is 21.7. The summed E-state index contributed by atoms with van der Waals surface area (Å²) in [6, 6.07) is 8.90. The molecule has 0 spiro atoms. The molecule has 0 radical (unpaired) electrons. The molecule has 0 aliphatic carbocycles. The first-order valence-corrected chi connectivity index (χ1v) is 6.87. The molecule has 2 atom stereocenters. The van der Waals surface area contributed by atoms with Crippen molar-refractivity contribution in [2.45, 2.75) is 12.5 Å². The van der Waals surface area contributed by atoms with Gasteiger partial charge in [0.15, 0.2) is 0 Å². The third-order valence-electron chi connectivity index (χ3n) is 3.26. The highest BCUT2D eigenvalue weighted by atomic mass is 16.5. The molecule has 1 aromatic rings. The Morgan fingerprint density at radius 1 is 1.45 bits per heavy atom. The summed E-state index contributed by atoms with van der Waals surface area (Å²) < 4.78 is 10.8. The summed E-state index contributed by atoms with van der Waals surface area (Å²) in [6.07, 6.45) is 0.540. The lowest BCUT2D eigenvalue weighted by Gasteiger charge is -2.15. The van der Waals surface area contributed by atoms with E-state index in [9.17, 15) is 5.11 Å². The molecule has 0 aromatic heterocycles. The summed E-state index contributed by atoms with van der Waals surface area (Å²) in [7, 11) is 0. The average Bonchev–Trinajstić information content (AvgIpc) is 2.99. The summed E-state index contributed by atoms with van der Waals surface area (Å²) >= 11 is 0. The van der Waals surface area contributed by atoms with Crippen LogP contribution in [0, 0.1) is 17.2 Å². The van der Waals surface area contributed by atoms with Crippen molar-refractivity contribution in [2.75, 3.05) is 32.9 Å². The van der Waals surface area contributed by atoms with Crippen LogP contribution in [0.15, 0.2) is 24.3 Å². The molecule has 1 saturated heterocycles. The molecule has 108 valence electrons. The maximum absolute atomic E-state index is 9.81. The van der Waals surface area contributed by atoms with Crippen LogP contribution in [0.25, 0.3) is 0 Å². The Hall–Kier alpha value is -1.61. The number of hydrogen-bond donors (Lipinski definition) is 2. The Kier molecular flexibility index (Phi) is 5.81. The SMILES string of the molecule is N#Cc1ccc(OCC(O)CNCC2CCOC2)cc1. The molecule has 1 aromatic carbocycles. The lowest BCUT2D eigenvalue weighted by Crippen LogP contribution is -2.34. The van der Waals surface area contributed by atoms with Gasteiger partial charge in [-0.25, -0.2) is 0 Å². The highest BCUT2D eigenvalue weighted by Gasteiger charge is 2.15. The third kappa shape index (κ3) is 4.82. The Morgan fingerprint density at radius 3 is 2.90 bits per heavy atom. The van der Waals surface area contributed by atoms with Gasteiger partial charge in [0.05, 0.1) is 18.2 Å². The maximum Gasteiger partial charge on any atom is 0.119 e. The first-order chi connectivity index (χ1) is 9.78. The summed E-state index contributed by atoms with van der Waals surface area (Å²) in [5.74, 6) is 1.22. The van der Waals surface area contributed by atoms with E-state index in [-0.39, 0.29) is 6.61 Å². The molecule has 5 heteroatoms. The van der Waals surface area contributed by atoms with Gasteiger partial charge in [0.25, 0.3) is 0 Å². The van der Waals surface area contributed by atoms with E-state index in [2.05, 4.69) is 5.32 Å². The highest BCUT2D eigenvalue weighted by Crippen LogP contribution is 2.12. The molecule has 1 aliphatic heterocycles. The van der Waals surface area contributed by atoms with E-state index in [1.54, 1.807) is 24.3 Å². The molecule has 0 bridgehead atoms. The van der Waals surface area contributed by atoms with Gasteiger partial charge in [-0.1, -0.05) is 0 Å². The van der Waals surface area contributed by atoms with Crippen molar-refractivity contribution in [1.29, 1.82) is 5.26 Å². The van der Waals surface area contributed by atoms with E-state index < -0.39 is 6.10 Å². The van der Waals surface area contributed by atoms with Gasteiger partial charge < -0.3 is 19.9 Å². The van der Waals surface area contributed by atoms with Crippen LogP contribution in [-0.4, -0.2) is 44.1 Å². The van der Waals surface area contributed by atoms with Crippen LogP contribution in [0.4, 0.5) is 0 Å². The van der Waals surface area contributed by atoms with E-state index in [1.807, 2.05) is 6.07 Å². The third-order valence-corrected chi connectivity index (χ3v) is 3.26. The van der Waals surface area contributed by atoms with Crippen molar-refractivity contribution in [3.63, 3.8) is 0 Å². The van der Waals surface area contributed by atoms with Gasteiger partial charge in [-0.15, -0.1) is 0 Å². The number of nitrogens with one attached hydrogen (secondary N) is 1. The maximum atomic E-state index is 9.81. The molecule has 1 fully saturated rings. The van der Waals surface area contributed by atoms with Crippen molar-refractivity contribution in [1.82, 2.24) is 5.32 Å². The zero-order valence-corrected chi connectivity index (χ0v) is 11.4. The molecular formula is C15H20N2O3. The number of ether oxygens (including phenoxy) is 2. The van der Waals surface area contributed by atoms with Gasteiger partial charge in [-0.3, -0.25) is 0 Å². The second-order valence-corrected chi connectivity index (χ2v) is 4.99. The largest absolute Gasteiger partial charge is 0.491 e. The van der Waals surface area contributed by atoms with Crippen molar-refractivity contribution in [3.8, 4) is 11.8 Å². The number of hydrogen-bond acceptors (Lipinski definition) is 5. The van der Waals surface area contributed by atoms with Crippen molar-refractivity contribution < 1.29 is 14.6 Å². The van der Waals surface area contributed by atoms with Gasteiger partial charge in [-0.05, 0) is 36.6 Å². The van der Waals surface area contributed by atoms with Crippen LogP contribution in [-0.2, 0) is 4.74 Å². The summed E-state index contributed by atoms with van der Waals surface area (Å²) in [4.78, 5) is 0. The van der Waals surface area contributed by atoms with Crippen LogP contribution in [0.1, 0.15) is 12.0 Å². The van der Waals surface area contributed by atoms with Crippen molar-refractivity contribution >= 4 is 0 Å². The topological polar surface area (TPSA) is 74.5 Å². The van der Waals surface area contributed by atoms with Crippen LogP contribution in [0.5, 0.6) is 5.75 Å². The van der Waals surface area contributed by atoms with E-state index in [4.69, 9.17) is 14.7 Å². The molecule has 0 saturated carbocycles. The summed E-state index contributed by atoms with van der Waals surface area (Å²) in [5.41, 5.74) is 0.596. The zero-order valence-electron chi connectivity index (χ0n) is 11.4. The van der Waals surface area contributed by atoms with E-state index >= 15 is 0 Å². The number of rotatable bonds is 7. The standard InChI is InChI=1S/C15H20N2O3/c16-7-12-1-3-15(4-2-12)20-11-14(18)9-17-8-13-5-6-19-10-13/h1-4,13-14,17-18H,5-6,8-11H2. The van der Waals surface area contributed by atoms with Crippen LogP contribution < -0.4 is 10.1 Å². The normalized spacial score (nSPS) is 19.5. The van der Waals surface area contributed by atoms with Crippen molar-refractivity contribution in [3.05, 3.63) is 29.8 Å². The van der Waals surface area contributed by atoms with Gasteiger partial charge >= 0.3 is 0 Å². The molecule has 0 amide bonds. The van der Waals surface area contributed by atoms with Crippen LogP contribution in [0.2, 0.25) is 0 Å². The second kappa shape index (κ2) is 7.85. The number of nitrogens with zero attached hydrogens (tertiary/aromatic N) is 1. The fourth-order valence-electron chi connectivity index (χ4n) is 2.08. The first kappa shape index (κ1) is 14.8. The molecule has 2 N–H and O–H groups in total. The Labute approximate surface area is 119 Å². The lowest BCUT2D eigenvalue weighted by molar-refractivity contribution is 0.105. The van der Waals surface area contributed by atoms with Gasteiger partial charge in [0.1, 0.15) is 18.5 Å². The number of benzene rings is 1. The van der Waals surface area contributed by atoms with Crippen molar-refractivity contribution in [2.24, 2.45) is 5.92 Å². The molecule has 20 heavy (non-hydrogen) atoms. The summed E-state index contributed by atoms with van der Waals surface area (Å²) in [6.45, 7) is 3.27. The zero-order chi connectivity index (χ0) is 14.2. The fraction of sp³-hybridized carbons (Fsp3) is 0.533. The second-order valence-electron chi connectivity index (χ2n) is 4.99. The fourth-order valence-corrected chi connectivity index (χ4v) is 2.08. The quantitative estimate of drug-likeness (QED) is 0.775. The van der Waals surface area contributed by atoms with E-state index in [1.165, 1.54) is 0 Å². The Morgan fingerprint density at radius 2 is 2.25 bits per heavy atom. The molecule has 1 heterocycles. The smallest absolute Gasteiger partial charge is 0.119 e. The van der Waals surface area contributed by atoms with Gasteiger partial charge in [0, 0.05) is 19.7 Å². The molecule has 1 aliphatic rings. The number of aliphatic hydroxyl groups excluding tert-OH is 1. The Balaban J connectivity index is 1.61. The highest BCUT2D eigenvalue weighted by molar-refractivity contribution is 5.34. The first-order valence-electron chi connectivity index (χ1n) is 6.87. The minimum Gasteiger partial charge on any atom is -0.491 e. The molecular weight excluding hydrogens is 256 g/mol. The minimum absolute atomic E-state index is 0.236. The number of nitriles is 1. The molecule has 2 unspecified atom stereocenters. The minimum atomic E-state index is -0.548. The monoisotopic (exact) mass is 276 g/mol. The lowest BCUT2D eigenvalue weighted by atomic mass is 10.1. The van der Waals surface area contributed by atoms with Crippen LogP contribution in [0.3, 0.4) is 0 Å². The predicted octanol–water partition coefficient (Wildman–Crippen LogP) is 0.924. The molecule has 2 rings (SSSR count). The van der Waals surface area contributed by atoms with E-state index in [0.717, 1.165) is 26.2 Å².